The summed E-state index contributed by atoms with van der Waals surface area (Å²) >= 11 is 0. The molecule has 2 aromatic carbocycles. The molecule has 1 aliphatic rings. The zero-order chi connectivity index (χ0) is 18.9. The van der Waals surface area contributed by atoms with E-state index in [2.05, 4.69) is 0 Å². The third kappa shape index (κ3) is 6.13. The third-order valence-electron chi connectivity index (χ3n) is 4.81. The van der Waals surface area contributed by atoms with Crippen molar-refractivity contribution in [3.05, 3.63) is 71.8 Å². The molecule has 0 radical (unpaired) electrons. The molecule has 1 aliphatic heterocycles. The second-order valence-electron chi connectivity index (χ2n) is 6.86. The highest BCUT2D eigenvalue weighted by molar-refractivity contribution is 5.14. The van der Waals surface area contributed by atoms with Gasteiger partial charge < -0.3 is 24.4 Å². The summed E-state index contributed by atoms with van der Waals surface area (Å²) in [5, 5.41) is 19.6. The van der Waals surface area contributed by atoms with Gasteiger partial charge in [0.2, 0.25) is 0 Å². The van der Waals surface area contributed by atoms with E-state index in [1.807, 2.05) is 60.7 Å². The van der Waals surface area contributed by atoms with Crippen molar-refractivity contribution in [3.8, 4) is 0 Å². The van der Waals surface area contributed by atoms with Gasteiger partial charge in [-0.25, -0.2) is 0 Å². The number of hydrogen-bond acceptors (Lipinski definition) is 5. The monoisotopic (exact) mass is 372 g/mol. The van der Waals surface area contributed by atoms with Crippen molar-refractivity contribution in [2.24, 2.45) is 0 Å². The Bertz CT molecular complexity index is 648. The Hall–Kier alpha value is -1.76. The fourth-order valence-corrected chi connectivity index (χ4v) is 3.28. The van der Waals surface area contributed by atoms with E-state index in [9.17, 15) is 10.2 Å². The van der Waals surface area contributed by atoms with Gasteiger partial charge in [0.15, 0.2) is 0 Å². The van der Waals surface area contributed by atoms with Gasteiger partial charge in [-0.05, 0) is 17.5 Å². The summed E-state index contributed by atoms with van der Waals surface area (Å²) in [5.74, 6) is 0. The van der Waals surface area contributed by atoms with Crippen LogP contribution in [0.1, 0.15) is 24.0 Å². The predicted octanol–water partition coefficient (Wildman–Crippen LogP) is 2.69. The highest BCUT2D eigenvalue weighted by Crippen LogP contribution is 2.26. The lowest BCUT2D eigenvalue weighted by molar-refractivity contribution is -0.200. The van der Waals surface area contributed by atoms with Crippen molar-refractivity contribution in [2.45, 2.75) is 50.5 Å². The van der Waals surface area contributed by atoms with Crippen LogP contribution in [0.25, 0.3) is 0 Å². The second-order valence-corrected chi connectivity index (χ2v) is 6.86. The summed E-state index contributed by atoms with van der Waals surface area (Å²) in [4.78, 5) is 0. The van der Waals surface area contributed by atoms with Crippen LogP contribution < -0.4 is 0 Å². The number of hydrogen-bond donors (Lipinski definition) is 2. The number of rotatable bonds is 9. The molecule has 2 aromatic rings. The van der Waals surface area contributed by atoms with Gasteiger partial charge in [-0.15, -0.1) is 0 Å². The molecule has 0 aliphatic carbocycles. The lowest BCUT2D eigenvalue weighted by Gasteiger charge is -2.39. The van der Waals surface area contributed by atoms with E-state index in [0.717, 1.165) is 11.1 Å². The Morgan fingerprint density at radius 2 is 1.52 bits per heavy atom. The fraction of sp³-hybridized carbons (Fsp3) is 0.455. The molecule has 0 amide bonds. The van der Waals surface area contributed by atoms with Crippen molar-refractivity contribution in [1.29, 1.82) is 0 Å². The molecule has 2 N–H and O–H groups in total. The van der Waals surface area contributed by atoms with Gasteiger partial charge in [0.25, 0.3) is 0 Å². The van der Waals surface area contributed by atoms with Crippen molar-refractivity contribution in [3.63, 3.8) is 0 Å². The molecule has 3 rings (SSSR count). The van der Waals surface area contributed by atoms with E-state index in [1.165, 1.54) is 0 Å². The molecule has 1 fully saturated rings. The minimum Gasteiger partial charge on any atom is -0.394 e. The van der Waals surface area contributed by atoms with E-state index in [-0.39, 0.29) is 18.8 Å². The highest BCUT2D eigenvalue weighted by Gasteiger charge is 2.37. The number of aliphatic hydroxyl groups excluding tert-OH is 2. The van der Waals surface area contributed by atoms with Gasteiger partial charge >= 0.3 is 0 Å². The molecule has 1 heterocycles. The lowest BCUT2D eigenvalue weighted by Crippen LogP contribution is -2.50. The Labute approximate surface area is 160 Å². The number of aliphatic hydroxyl groups is 2. The molecule has 0 bridgehead atoms. The summed E-state index contributed by atoms with van der Waals surface area (Å²) in [5.41, 5.74) is 2.21. The largest absolute Gasteiger partial charge is 0.394 e. The van der Waals surface area contributed by atoms with Gasteiger partial charge in [0.1, 0.15) is 6.10 Å². The SMILES string of the molecule is OC[C@H]1O[C@@H](CCOCc2ccccc2)[C@H](OCc2ccccc2)C[C@@H]1O. The molecule has 0 spiro atoms. The van der Waals surface area contributed by atoms with Gasteiger partial charge in [0, 0.05) is 13.0 Å². The molecule has 0 aromatic heterocycles. The van der Waals surface area contributed by atoms with Crippen LogP contribution in [0.3, 0.4) is 0 Å². The van der Waals surface area contributed by atoms with E-state index < -0.39 is 12.2 Å². The van der Waals surface area contributed by atoms with Crippen molar-refractivity contribution in [2.75, 3.05) is 13.2 Å². The molecular formula is C22H28O5. The van der Waals surface area contributed by atoms with Crippen LogP contribution >= 0.6 is 0 Å². The Morgan fingerprint density at radius 3 is 2.15 bits per heavy atom. The fourth-order valence-electron chi connectivity index (χ4n) is 3.28. The first kappa shape index (κ1) is 20.0. The van der Waals surface area contributed by atoms with Crippen LogP contribution in [0.4, 0.5) is 0 Å². The van der Waals surface area contributed by atoms with Gasteiger partial charge in [0.05, 0.1) is 38.1 Å². The summed E-state index contributed by atoms with van der Waals surface area (Å²) in [6.45, 7) is 1.34. The second kappa shape index (κ2) is 10.5. The topological polar surface area (TPSA) is 68.2 Å². The Kier molecular flexibility index (Phi) is 7.80. The highest BCUT2D eigenvalue weighted by atomic mass is 16.6. The molecule has 5 heteroatoms. The van der Waals surface area contributed by atoms with Gasteiger partial charge in [-0.1, -0.05) is 60.7 Å². The van der Waals surface area contributed by atoms with Crippen molar-refractivity contribution >= 4 is 0 Å². The maximum absolute atomic E-state index is 10.2. The van der Waals surface area contributed by atoms with Crippen molar-refractivity contribution < 1.29 is 24.4 Å². The van der Waals surface area contributed by atoms with E-state index >= 15 is 0 Å². The zero-order valence-corrected chi connectivity index (χ0v) is 15.4. The molecular weight excluding hydrogens is 344 g/mol. The van der Waals surface area contributed by atoms with Crippen molar-refractivity contribution in [1.82, 2.24) is 0 Å². The third-order valence-corrected chi connectivity index (χ3v) is 4.81. The van der Waals surface area contributed by atoms with Crippen LogP contribution in [-0.2, 0) is 27.4 Å². The zero-order valence-electron chi connectivity index (χ0n) is 15.4. The molecule has 146 valence electrons. The number of benzene rings is 2. The first-order chi connectivity index (χ1) is 13.3. The quantitative estimate of drug-likeness (QED) is 0.663. The first-order valence-corrected chi connectivity index (χ1v) is 9.48. The summed E-state index contributed by atoms with van der Waals surface area (Å²) < 4.78 is 17.7. The van der Waals surface area contributed by atoms with Gasteiger partial charge in [-0.2, -0.15) is 0 Å². The van der Waals surface area contributed by atoms with E-state index in [4.69, 9.17) is 14.2 Å². The molecule has 0 unspecified atom stereocenters. The molecule has 0 saturated carbocycles. The molecule has 5 nitrogen and oxygen atoms in total. The van der Waals surface area contributed by atoms with Crippen LogP contribution in [0, 0.1) is 0 Å². The summed E-state index contributed by atoms with van der Waals surface area (Å²) in [6, 6.07) is 20.0. The van der Waals surface area contributed by atoms with Gasteiger partial charge in [-0.3, -0.25) is 0 Å². The minimum atomic E-state index is -0.725. The molecule has 4 atom stereocenters. The first-order valence-electron chi connectivity index (χ1n) is 9.48. The van der Waals surface area contributed by atoms with Crippen LogP contribution in [0.5, 0.6) is 0 Å². The van der Waals surface area contributed by atoms with Crippen LogP contribution in [0.15, 0.2) is 60.7 Å². The Morgan fingerprint density at radius 1 is 0.889 bits per heavy atom. The molecule has 1 saturated heterocycles. The van der Waals surface area contributed by atoms with E-state index in [0.29, 0.717) is 32.7 Å². The Balaban J connectivity index is 1.51. The lowest BCUT2D eigenvalue weighted by atomic mass is 9.96. The number of ether oxygens (including phenoxy) is 3. The minimum absolute atomic E-state index is 0.200. The predicted molar refractivity (Wildman–Crippen MR) is 102 cm³/mol. The average Bonchev–Trinajstić information content (AvgIpc) is 2.72. The maximum Gasteiger partial charge on any atom is 0.107 e. The van der Waals surface area contributed by atoms with Crippen LogP contribution in [-0.4, -0.2) is 47.8 Å². The molecule has 27 heavy (non-hydrogen) atoms. The normalized spacial score (nSPS) is 25.4. The van der Waals surface area contributed by atoms with E-state index in [1.54, 1.807) is 0 Å². The maximum atomic E-state index is 10.2. The summed E-state index contributed by atoms with van der Waals surface area (Å²) in [7, 11) is 0. The summed E-state index contributed by atoms with van der Waals surface area (Å²) in [6.07, 6.45) is -0.650. The average molecular weight is 372 g/mol. The standard InChI is InChI=1S/C22H28O5/c23-14-22-19(24)13-21(26-16-18-9-5-2-6-10-18)20(27-22)11-12-25-15-17-7-3-1-4-8-17/h1-10,19-24H,11-16H2/t19-,20-,21+,22+/m0/s1. The van der Waals surface area contributed by atoms with Crippen LogP contribution in [0.2, 0.25) is 0 Å². The smallest absolute Gasteiger partial charge is 0.107 e.